The molecule has 16 heavy (non-hydrogen) atoms. The van der Waals surface area contributed by atoms with Crippen LogP contribution in [0.2, 0.25) is 0 Å². The molecule has 3 nitrogen and oxygen atoms in total. The van der Waals surface area contributed by atoms with Gasteiger partial charge in [0, 0.05) is 0 Å². The van der Waals surface area contributed by atoms with Gasteiger partial charge in [0.05, 0.1) is 18.2 Å². The maximum Gasteiger partial charge on any atom is 0.136 e. The number of aliphatic hydroxyl groups is 1. The van der Waals surface area contributed by atoms with E-state index in [4.69, 9.17) is 10.00 Å². The number of hydrogen-bond acceptors (Lipinski definition) is 3. The van der Waals surface area contributed by atoms with Gasteiger partial charge in [0.25, 0.3) is 0 Å². The molecule has 0 amide bonds. The molecule has 3 heteroatoms. The summed E-state index contributed by atoms with van der Waals surface area (Å²) in [5.74, 6) is 0.598. The van der Waals surface area contributed by atoms with Crippen LogP contribution in [0.1, 0.15) is 30.1 Å². The zero-order valence-corrected chi connectivity index (χ0v) is 8.89. The molecule has 82 valence electrons. The normalized spacial score (nSPS) is 16.9. The number of rotatable bonds is 2. The Hall–Kier alpha value is -1.79. The Bertz CT molecular complexity index is 445. The maximum absolute atomic E-state index is 10.1. The molecule has 0 aliphatic carbocycles. The van der Waals surface area contributed by atoms with Gasteiger partial charge in [-0.05, 0) is 36.6 Å². The van der Waals surface area contributed by atoms with E-state index in [9.17, 15) is 5.11 Å². The molecule has 0 fully saturated rings. The molecule has 1 aliphatic heterocycles. The van der Waals surface area contributed by atoms with Gasteiger partial charge in [-0.25, -0.2) is 0 Å². The van der Waals surface area contributed by atoms with E-state index in [-0.39, 0.29) is 0 Å². The van der Waals surface area contributed by atoms with E-state index in [1.807, 2.05) is 6.08 Å². The predicted octanol–water partition coefficient (Wildman–Crippen LogP) is 2.29. The molecule has 2 rings (SSSR count). The summed E-state index contributed by atoms with van der Waals surface area (Å²) in [6, 6.07) is 9.01. The minimum absolute atomic E-state index is 0.549. The largest absolute Gasteiger partial charge is 0.495 e. The monoisotopic (exact) mass is 215 g/mol. The molecule has 0 radical (unpaired) electrons. The summed E-state index contributed by atoms with van der Waals surface area (Å²) in [6.07, 6.45) is 3.08. The van der Waals surface area contributed by atoms with Crippen LogP contribution in [0.5, 0.6) is 0 Å². The second kappa shape index (κ2) is 4.82. The number of hydrogen-bond donors (Lipinski definition) is 1. The van der Waals surface area contributed by atoms with Crippen LogP contribution in [0.25, 0.3) is 0 Å². The van der Waals surface area contributed by atoms with Crippen LogP contribution < -0.4 is 0 Å². The van der Waals surface area contributed by atoms with Crippen LogP contribution in [-0.2, 0) is 4.74 Å². The minimum Gasteiger partial charge on any atom is -0.495 e. The van der Waals surface area contributed by atoms with Gasteiger partial charge in [0.1, 0.15) is 11.9 Å². The summed E-state index contributed by atoms with van der Waals surface area (Å²) in [6.45, 7) is 0.654. The fraction of sp³-hybridized carbons (Fsp3) is 0.308. The summed E-state index contributed by atoms with van der Waals surface area (Å²) in [4.78, 5) is 0. The van der Waals surface area contributed by atoms with Gasteiger partial charge in [0.2, 0.25) is 0 Å². The fourth-order valence-corrected chi connectivity index (χ4v) is 1.71. The first-order valence-electron chi connectivity index (χ1n) is 5.32. The molecular weight excluding hydrogens is 202 g/mol. The van der Waals surface area contributed by atoms with Gasteiger partial charge in [-0.3, -0.25) is 0 Å². The zero-order chi connectivity index (χ0) is 11.4. The first kappa shape index (κ1) is 10.7. The number of nitriles is 1. The molecule has 1 atom stereocenters. The Balaban J connectivity index is 2.23. The van der Waals surface area contributed by atoms with Crippen molar-refractivity contribution in [3.63, 3.8) is 0 Å². The van der Waals surface area contributed by atoms with Gasteiger partial charge in [-0.1, -0.05) is 12.1 Å². The first-order chi connectivity index (χ1) is 7.81. The molecule has 1 unspecified atom stereocenters. The molecule has 0 aromatic heterocycles. The third-order valence-corrected chi connectivity index (χ3v) is 2.56. The lowest BCUT2D eigenvalue weighted by Gasteiger charge is -2.20. The number of benzene rings is 1. The van der Waals surface area contributed by atoms with Crippen LogP contribution in [-0.4, -0.2) is 11.7 Å². The van der Waals surface area contributed by atoms with Crippen molar-refractivity contribution in [2.45, 2.75) is 18.9 Å². The molecule has 1 aromatic carbocycles. The third-order valence-electron chi connectivity index (χ3n) is 2.56. The van der Waals surface area contributed by atoms with Crippen molar-refractivity contribution in [1.82, 2.24) is 0 Å². The van der Waals surface area contributed by atoms with Gasteiger partial charge < -0.3 is 9.84 Å². The maximum atomic E-state index is 10.1. The topological polar surface area (TPSA) is 53.2 Å². The molecule has 0 spiro atoms. The highest BCUT2D eigenvalue weighted by molar-refractivity contribution is 5.35. The lowest BCUT2D eigenvalue weighted by Crippen LogP contribution is -2.09. The van der Waals surface area contributed by atoms with Gasteiger partial charge >= 0.3 is 0 Å². The SMILES string of the molecule is N#Cc1cccc(C(O)C2=CCCCO2)c1. The number of ether oxygens (including phenoxy) is 1. The predicted molar refractivity (Wildman–Crippen MR) is 59.4 cm³/mol. The van der Waals surface area contributed by atoms with Crippen LogP contribution in [0, 0.1) is 11.3 Å². The summed E-state index contributed by atoms with van der Waals surface area (Å²) in [5, 5.41) is 18.8. The second-order valence-electron chi connectivity index (χ2n) is 3.74. The highest BCUT2D eigenvalue weighted by Crippen LogP contribution is 2.26. The smallest absolute Gasteiger partial charge is 0.136 e. The Kier molecular flexibility index (Phi) is 3.23. The lowest BCUT2D eigenvalue weighted by atomic mass is 10.0. The van der Waals surface area contributed by atoms with Gasteiger partial charge in [-0.15, -0.1) is 0 Å². The second-order valence-corrected chi connectivity index (χ2v) is 3.74. The van der Waals surface area contributed by atoms with Crippen molar-refractivity contribution >= 4 is 0 Å². The number of nitrogens with zero attached hydrogens (tertiary/aromatic N) is 1. The average molecular weight is 215 g/mol. The summed E-state index contributed by atoms with van der Waals surface area (Å²) in [5.41, 5.74) is 1.25. The van der Waals surface area contributed by atoms with E-state index in [1.165, 1.54) is 0 Å². The van der Waals surface area contributed by atoms with Crippen molar-refractivity contribution in [2.24, 2.45) is 0 Å². The molecule has 1 aromatic rings. The van der Waals surface area contributed by atoms with Crippen LogP contribution >= 0.6 is 0 Å². The first-order valence-corrected chi connectivity index (χ1v) is 5.32. The average Bonchev–Trinajstić information content (AvgIpc) is 2.39. The van der Waals surface area contributed by atoms with E-state index >= 15 is 0 Å². The Morgan fingerprint density at radius 1 is 1.44 bits per heavy atom. The van der Waals surface area contributed by atoms with Crippen molar-refractivity contribution in [3.8, 4) is 6.07 Å². The Morgan fingerprint density at radius 3 is 3.00 bits per heavy atom. The van der Waals surface area contributed by atoms with E-state index in [0.717, 1.165) is 12.8 Å². The van der Waals surface area contributed by atoms with E-state index < -0.39 is 6.10 Å². The Labute approximate surface area is 94.6 Å². The van der Waals surface area contributed by atoms with E-state index in [2.05, 4.69) is 6.07 Å². The highest BCUT2D eigenvalue weighted by atomic mass is 16.5. The molecule has 1 N–H and O–H groups in total. The molecule has 1 heterocycles. The molecule has 0 saturated carbocycles. The van der Waals surface area contributed by atoms with E-state index in [0.29, 0.717) is 23.5 Å². The van der Waals surface area contributed by atoms with E-state index in [1.54, 1.807) is 24.3 Å². The number of aliphatic hydroxyl groups excluding tert-OH is 1. The third kappa shape index (κ3) is 2.23. The highest BCUT2D eigenvalue weighted by Gasteiger charge is 2.17. The van der Waals surface area contributed by atoms with Crippen molar-refractivity contribution in [3.05, 3.63) is 47.2 Å². The van der Waals surface area contributed by atoms with Crippen molar-refractivity contribution < 1.29 is 9.84 Å². The Morgan fingerprint density at radius 2 is 2.31 bits per heavy atom. The van der Waals surface area contributed by atoms with Gasteiger partial charge in [0.15, 0.2) is 0 Å². The summed E-state index contributed by atoms with van der Waals surface area (Å²) >= 11 is 0. The van der Waals surface area contributed by atoms with Crippen molar-refractivity contribution in [1.29, 1.82) is 5.26 Å². The number of allylic oxidation sites excluding steroid dienone is 1. The standard InChI is InChI=1S/C13H13NO2/c14-9-10-4-3-5-11(8-10)13(15)12-6-1-2-7-16-12/h3-6,8,13,15H,1-2,7H2. The molecule has 0 saturated heterocycles. The fourth-order valence-electron chi connectivity index (χ4n) is 1.71. The summed E-state index contributed by atoms with van der Waals surface area (Å²) in [7, 11) is 0. The van der Waals surface area contributed by atoms with Gasteiger partial charge in [-0.2, -0.15) is 5.26 Å². The molecule has 0 bridgehead atoms. The molecule has 1 aliphatic rings. The van der Waals surface area contributed by atoms with Crippen LogP contribution in [0.15, 0.2) is 36.1 Å². The van der Waals surface area contributed by atoms with Crippen molar-refractivity contribution in [2.75, 3.05) is 6.61 Å². The molecular formula is C13H13NO2. The zero-order valence-electron chi connectivity index (χ0n) is 8.89. The lowest BCUT2D eigenvalue weighted by molar-refractivity contribution is 0.0918. The van der Waals surface area contributed by atoms with Crippen LogP contribution in [0.3, 0.4) is 0 Å². The minimum atomic E-state index is -0.756. The summed E-state index contributed by atoms with van der Waals surface area (Å²) < 4.78 is 5.40. The van der Waals surface area contributed by atoms with Crippen LogP contribution in [0.4, 0.5) is 0 Å². The quantitative estimate of drug-likeness (QED) is 0.823.